The number of hydrogen-bond acceptors (Lipinski definition) is 1. The van der Waals surface area contributed by atoms with Crippen LogP contribution in [0.2, 0.25) is 0 Å². The summed E-state index contributed by atoms with van der Waals surface area (Å²) in [5.41, 5.74) is 5.27. The van der Waals surface area contributed by atoms with Gasteiger partial charge in [0.05, 0.1) is 0 Å². The molecule has 0 fully saturated rings. The predicted octanol–water partition coefficient (Wildman–Crippen LogP) is 6.68. The molecule has 22 heavy (non-hydrogen) atoms. The van der Waals surface area contributed by atoms with E-state index >= 15 is 0 Å². The van der Waals surface area contributed by atoms with Gasteiger partial charge in [-0.05, 0) is 55.6 Å². The molecule has 1 rings (SSSR count). The summed E-state index contributed by atoms with van der Waals surface area (Å²) >= 11 is 0. The van der Waals surface area contributed by atoms with E-state index in [4.69, 9.17) is 0 Å². The van der Waals surface area contributed by atoms with E-state index in [1.807, 2.05) is 0 Å². The van der Waals surface area contributed by atoms with Crippen molar-refractivity contribution in [2.75, 3.05) is 6.16 Å². The van der Waals surface area contributed by atoms with Crippen molar-refractivity contribution in [3.8, 4) is 0 Å². The molecule has 124 valence electrons. The quantitative estimate of drug-likeness (QED) is 0.386. The minimum Gasteiger partial charge on any atom is -0.289 e. The van der Waals surface area contributed by atoms with Crippen LogP contribution in [0.4, 0.5) is 0 Å². The van der Waals surface area contributed by atoms with Gasteiger partial charge in [-0.15, -0.1) is 0 Å². The van der Waals surface area contributed by atoms with Crippen molar-refractivity contribution in [1.82, 2.24) is 0 Å². The number of carbonyl (C=O) groups is 1. The second-order valence-electron chi connectivity index (χ2n) is 7.15. The molecule has 0 saturated heterocycles. The monoisotopic (exact) mass is 320 g/mol. The van der Waals surface area contributed by atoms with Crippen LogP contribution in [0.3, 0.4) is 0 Å². The molecule has 1 atom stereocenters. The maximum Gasteiger partial charge on any atom is 0.181 e. The van der Waals surface area contributed by atoms with Gasteiger partial charge in [-0.25, -0.2) is 0 Å². The van der Waals surface area contributed by atoms with Gasteiger partial charge < -0.3 is 0 Å². The van der Waals surface area contributed by atoms with Gasteiger partial charge in [-0.1, -0.05) is 67.0 Å². The number of benzene rings is 1. The third-order valence-corrected chi connectivity index (χ3v) is 5.35. The van der Waals surface area contributed by atoms with E-state index in [1.165, 1.54) is 23.1 Å². The van der Waals surface area contributed by atoms with E-state index in [2.05, 4.69) is 60.6 Å². The molecule has 1 nitrogen and oxygen atoms in total. The van der Waals surface area contributed by atoms with Gasteiger partial charge in [0, 0.05) is 5.56 Å². The summed E-state index contributed by atoms with van der Waals surface area (Å²) in [6, 6.07) is 4.55. The molecular formula is C20H33OP. The van der Waals surface area contributed by atoms with Crippen LogP contribution in [-0.4, -0.2) is 11.7 Å². The Morgan fingerprint density at radius 3 is 1.82 bits per heavy atom. The van der Waals surface area contributed by atoms with Crippen LogP contribution in [0, 0.1) is 0 Å². The van der Waals surface area contributed by atoms with Crippen LogP contribution in [0.1, 0.15) is 106 Å². The largest absolute Gasteiger partial charge is 0.289 e. The van der Waals surface area contributed by atoms with Crippen molar-refractivity contribution < 1.29 is 4.79 Å². The van der Waals surface area contributed by atoms with E-state index in [0.717, 1.165) is 18.1 Å². The molecule has 0 spiro atoms. The Morgan fingerprint density at radius 1 is 0.955 bits per heavy atom. The number of unbranched alkanes of at least 4 members (excludes halogenated alkanes) is 1. The second-order valence-corrected chi connectivity index (χ2v) is 8.46. The Morgan fingerprint density at radius 2 is 1.45 bits per heavy atom. The Labute approximate surface area is 139 Å². The number of rotatable bonds is 8. The fourth-order valence-electron chi connectivity index (χ4n) is 2.69. The first-order valence-corrected chi connectivity index (χ1v) is 9.96. The van der Waals surface area contributed by atoms with Crippen LogP contribution in [0.25, 0.3) is 0 Å². The van der Waals surface area contributed by atoms with E-state index < -0.39 is 0 Å². The average molecular weight is 320 g/mol. The van der Waals surface area contributed by atoms with Gasteiger partial charge in [0.15, 0.2) is 5.52 Å². The molecule has 1 aromatic carbocycles. The maximum atomic E-state index is 12.9. The summed E-state index contributed by atoms with van der Waals surface area (Å²) in [5.74, 6) is 1.29. The first kappa shape index (κ1) is 19.4. The summed E-state index contributed by atoms with van der Waals surface area (Å²) < 4.78 is 0. The first-order valence-electron chi connectivity index (χ1n) is 8.75. The minimum absolute atomic E-state index is 0.371. The summed E-state index contributed by atoms with van der Waals surface area (Å²) in [7, 11) is 0.421. The third-order valence-electron chi connectivity index (χ3n) is 4.18. The summed E-state index contributed by atoms with van der Waals surface area (Å²) in [6.45, 7) is 15.5. The smallest absolute Gasteiger partial charge is 0.181 e. The standard InChI is InChI=1S/C20H33OP/c1-8-9-10-22-20(21)19-17(14(4)5)11-16(13(2)3)12-18(19)15(6)7/h11-15,22H,8-10H2,1-7H3. The Bertz CT molecular complexity index is 471. The molecule has 0 aromatic heterocycles. The topological polar surface area (TPSA) is 17.1 Å². The normalized spacial score (nSPS) is 12.3. The Balaban J connectivity index is 3.35. The lowest BCUT2D eigenvalue weighted by Crippen LogP contribution is -2.10. The van der Waals surface area contributed by atoms with Crippen LogP contribution in [-0.2, 0) is 0 Å². The molecule has 0 N–H and O–H groups in total. The van der Waals surface area contributed by atoms with E-state index in [1.54, 1.807) is 0 Å². The molecule has 0 saturated carbocycles. The zero-order chi connectivity index (χ0) is 16.9. The molecule has 0 aliphatic rings. The zero-order valence-corrected chi connectivity index (χ0v) is 16.4. The summed E-state index contributed by atoms with van der Waals surface area (Å²) in [4.78, 5) is 12.9. The van der Waals surface area contributed by atoms with Crippen molar-refractivity contribution >= 4 is 14.1 Å². The molecule has 0 radical (unpaired) electrons. The molecule has 0 aliphatic carbocycles. The van der Waals surface area contributed by atoms with Crippen LogP contribution in [0.15, 0.2) is 12.1 Å². The lowest BCUT2D eigenvalue weighted by molar-refractivity contribution is 0.108. The lowest BCUT2D eigenvalue weighted by atomic mass is 9.85. The zero-order valence-electron chi connectivity index (χ0n) is 15.4. The molecule has 2 heteroatoms. The maximum absolute atomic E-state index is 12.9. The van der Waals surface area contributed by atoms with Crippen LogP contribution < -0.4 is 0 Å². The lowest BCUT2D eigenvalue weighted by Gasteiger charge is -2.22. The predicted molar refractivity (Wildman–Crippen MR) is 101 cm³/mol. The number of carbonyl (C=O) groups excluding carboxylic acids is 1. The Kier molecular flexibility index (Phi) is 7.77. The van der Waals surface area contributed by atoms with Crippen molar-refractivity contribution in [2.24, 2.45) is 0 Å². The van der Waals surface area contributed by atoms with Crippen molar-refractivity contribution in [3.05, 3.63) is 34.4 Å². The SMILES string of the molecule is CCCCPC(=O)c1c(C(C)C)cc(C(C)C)cc1C(C)C. The highest BCUT2D eigenvalue weighted by molar-refractivity contribution is 7.58. The van der Waals surface area contributed by atoms with Gasteiger partial charge in [-0.2, -0.15) is 0 Å². The molecule has 0 heterocycles. The summed E-state index contributed by atoms with van der Waals surface area (Å²) in [6.07, 6.45) is 3.36. The highest BCUT2D eigenvalue weighted by atomic mass is 31.1. The summed E-state index contributed by atoms with van der Waals surface area (Å²) in [5, 5.41) is 0. The van der Waals surface area contributed by atoms with Gasteiger partial charge in [0.1, 0.15) is 0 Å². The van der Waals surface area contributed by atoms with Crippen molar-refractivity contribution in [3.63, 3.8) is 0 Å². The average Bonchev–Trinajstić information content (AvgIpc) is 2.45. The van der Waals surface area contributed by atoms with Crippen molar-refractivity contribution in [2.45, 2.75) is 79.1 Å². The van der Waals surface area contributed by atoms with Crippen LogP contribution in [0.5, 0.6) is 0 Å². The van der Waals surface area contributed by atoms with Gasteiger partial charge in [-0.3, -0.25) is 4.79 Å². The second kappa shape index (κ2) is 8.82. The number of hydrogen-bond donors (Lipinski definition) is 0. The van der Waals surface area contributed by atoms with E-state index in [9.17, 15) is 4.79 Å². The van der Waals surface area contributed by atoms with E-state index in [0.29, 0.717) is 31.9 Å². The highest BCUT2D eigenvalue weighted by Crippen LogP contribution is 2.35. The minimum atomic E-state index is 0.371. The Hall–Kier alpha value is -0.680. The first-order chi connectivity index (χ1) is 10.3. The van der Waals surface area contributed by atoms with Gasteiger partial charge in [0.2, 0.25) is 0 Å². The molecule has 0 bridgehead atoms. The van der Waals surface area contributed by atoms with Gasteiger partial charge >= 0.3 is 0 Å². The molecule has 0 aliphatic heterocycles. The van der Waals surface area contributed by atoms with Gasteiger partial charge in [0.25, 0.3) is 0 Å². The molecular weight excluding hydrogens is 287 g/mol. The molecule has 1 unspecified atom stereocenters. The molecule has 1 aromatic rings. The third kappa shape index (κ3) is 4.92. The highest BCUT2D eigenvalue weighted by Gasteiger charge is 2.21. The fraction of sp³-hybridized carbons (Fsp3) is 0.650. The van der Waals surface area contributed by atoms with E-state index in [-0.39, 0.29) is 0 Å². The van der Waals surface area contributed by atoms with Crippen LogP contribution >= 0.6 is 8.58 Å². The van der Waals surface area contributed by atoms with Crippen molar-refractivity contribution in [1.29, 1.82) is 0 Å². The molecule has 0 amide bonds. The fourth-order valence-corrected chi connectivity index (χ4v) is 3.91.